The molecule has 9 heteroatoms. The molecule has 1 aliphatic rings. The van der Waals surface area contributed by atoms with Crippen molar-refractivity contribution in [2.75, 3.05) is 13.6 Å². The van der Waals surface area contributed by atoms with Crippen molar-refractivity contribution in [3.63, 3.8) is 0 Å². The molecule has 1 saturated heterocycles. The summed E-state index contributed by atoms with van der Waals surface area (Å²) in [7, 11) is 1.58. The Labute approximate surface area is 189 Å². The van der Waals surface area contributed by atoms with Crippen molar-refractivity contribution in [1.82, 2.24) is 19.8 Å². The van der Waals surface area contributed by atoms with Crippen LogP contribution in [0.25, 0.3) is 16.5 Å². The molecule has 4 aromatic rings. The number of rotatable bonds is 4. The molecule has 2 atom stereocenters. The van der Waals surface area contributed by atoms with Gasteiger partial charge in [0.2, 0.25) is 0 Å². The average Bonchev–Trinajstić information content (AvgIpc) is 3.32. The van der Waals surface area contributed by atoms with Crippen LogP contribution in [-0.2, 0) is 0 Å². The van der Waals surface area contributed by atoms with E-state index in [1.165, 1.54) is 0 Å². The van der Waals surface area contributed by atoms with Crippen LogP contribution in [0.1, 0.15) is 39.0 Å². The predicted octanol–water partition coefficient (Wildman–Crippen LogP) is 3.05. The number of ether oxygens (including phenoxy) is 1. The van der Waals surface area contributed by atoms with Gasteiger partial charge in [0.15, 0.2) is 5.75 Å². The maximum Gasteiger partial charge on any atom is 0.256 e. The molecule has 170 valence electrons. The number of nitrogens with one attached hydrogen (secondary N) is 1. The molecule has 0 aliphatic carbocycles. The van der Waals surface area contributed by atoms with E-state index in [0.717, 1.165) is 5.56 Å². The van der Waals surface area contributed by atoms with E-state index in [2.05, 4.69) is 10.4 Å². The number of hydrogen-bond donors (Lipinski definition) is 2. The van der Waals surface area contributed by atoms with Gasteiger partial charge in [-0.15, -0.1) is 0 Å². The number of aliphatic hydroxyl groups excluding tert-OH is 1. The van der Waals surface area contributed by atoms with Gasteiger partial charge in [-0.3, -0.25) is 9.59 Å². The van der Waals surface area contributed by atoms with Crippen molar-refractivity contribution in [1.29, 1.82) is 0 Å². The highest BCUT2D eigenvalue weighted by molar-refractivity contribution is 6.07. The number of carbonyl (C=O) groups excluding carboxylic acids is 2. The molecule has 1 aliphatic heterocycles. The zero-order chi connectivity index (χ0) is 23.4. The van der Waals surface area contributed by atoms with Crippen molar-refractivity contribution >= 4 is 28.3 Å². The van der Waals surface area contributed by atoms with Crippen molar-refractivity contribution < 1.29 is 23.8 Å². The standard InChI is InChI=1S/C24H24N4O5/c1-12-17(24(31)27-11-18(29)13(27)2)10-28-22(12)19(7-8-26-28)33-15-5-6-16-20(9-15)32-14(3)21(16)23(30)25-4/h5-10,13,18,29H,11H2,1-4H3,(H,25,30)/t13-,18-/m0/s1. The number of fused-ring (bicyclic) bond motifs is 2. The van der Waals surface area contributed by atoms with Gasteiger partial charge in [-0.2, -0.15) is 5.10 Å². The smallest absolute Gasteiger partial charge is 0.256 e. The summed E-state index contributed by atoms with van der Waals surface area (Å²) in [4.78, 5) is 26.8. The molecule has 3 aromatic heterocycles. The van der Waals surface area contributed by atoms with Crippen molar-refractivity contribution in [3.05, 3.63) is 59.1 Å². The van der Waals surface area contributed by atoms with Crippen molar-refractivity contribution in [2.45, 2.75) is 32.9 Å². The van der Waals surface area contributed by atoms with Gasteiger partial charge in [0, 0.05) is 37.3 Å². The normalized spacial score (nSPS) is 17.9. The van der Waals surface area contributed by atoms with E-state index >= 15 is 0 Å². The highest BCUT2D eigenvalue weighted by Gasteiger charge is 2.38. The van der Waals surface area contributed by atoms with Gasteiger partial charge in [-0.1, -0.05) is 0 Å². The molecule has 0 saturated carbocycles. The Balaban J connectivity index is 1.51. The van der Waals surface area contributed by atoms with Gasteiger partial charge >= 0.3 is 0 Å². The lowest BCUT2D eigenvalue weighted by atomic mass is 9.99. The number of benzene rings is 1. The van der Waals surface area contributed by atoms with E-state index in [1.807, 2.05) is 13.8 Å². The summed E-state index contributed by atoms with van der Waals surface area (Å²) in [6, 6.07) is 6.82. The molecule has 0 spiro atoms. The van der Waals surface area contributed by atoms with E-state index in [1.54, 1.807) is 60.0 Å². The molecule has 9 nitrogen and oxygen atoms in total. The molecule has 1 fully saturated rings. The van der Waals surface area contributed by atoms with Crippen molar-refractivity contribution in [2.24, 2.45) is 0 Å². The molecular weight excluding hydrogens is 424 g/mol. The summed E-state index contributed by atoms with van der Waals surface area (Å²) in [6.45, 7) is 5.75. The number of amides is 2. The third-order valence-electron chi connectivity index (χ3n) is 6.33. The fourth-order valence-corrected chi connectivity index (χ4v) is 4.33. The zero-order valence-electron chi connectivity index (χ0n) is 18.7. The average molecular weight is 448 g/mol. The Hall–Kier alpha value is -3.85. The van der Waals surface area contributed by atoms with Crippen molar-refractivity contribution in [3.8, 4) is 11.5 Å². The van der Waals surface area contributed by atoms with Crippen LogP contribution in [0.15, 0.2) is 41.1 Å². The van der Waals surface area contributed by atoms with E-state index in [-0.39, 0.29) is 17.9 Å². The SMILES string of the molecule is CNC(=O)c1c(C)oc2cc(Oc3ccnn4cc(C(=O)N5C[C@H](O)[C@@H]5C)c(C)c34)ccc12. The van der Waals surface area contributed by atoms with Crippen LogP contribution in [0, 0.1) is 13.8 Å². The Kier molecular flexibility index (Phi) is 4.86. The Morgan fingerprint density at radius 3 is 2.76 bits per heavy atom. The number of furan rings is 1. The fraction of sp³-hybridized carbons (Fsp3) is 0.292. The number of aromatic nitrogens is 2. The van der Waals surface area contributed by atoms with E-state index in [4.69, 9.17) is 9.15 Å². The number of aryl methyl sites for hydroxylation is 2. The first-order valence-corrected chi connectivity index (χ1v) is 10.7. The second kappa shape index (κ2) is 7.63. The summed E-state index contributed by atoms with van der Waals surface area (Å²) < 4.78 is 13.6. The summed E-state index contributed by atoms with van der Waals surface area (Å²) in [5, 5.41) is 17.4. The van der Waals surface area contributed by atoms with Crippen LogP contribution < -0.4 is 10.1 Å². The second-order valence-electron chi connectivity index (χ2n) is 8.29. The minimum atomic E-state index is -0.493. The third-order valence-corrected chi connectivity index (χ3v) is 6.33. The lowest BCUT2D eigenvalue weighted by Gasteiger charge is -2.43. The highest BCUT2D eigenvalue weighted by atomic mass is 16.5. The Bertz CT molecular complexity index is 1420. The monoisotopic (exact) mass is 448 g/mol. The van der Waals surface area contributed by atoms with Gasteiger partial charge in [-0.05, 0) is 38.5 Å². The molecule has 0 unspecified atom stereocenters. The van der Waals surface area contributed by atoms with Crippen LogP contribution in [0.5, 0.6) is 11.5 Å². The van der Waals surface area contributed by atoms with Gasteiger partial charge in [0.1, 0.15) is 22.6 Å². The lowest BCUT2D eigenvalue weighted by molar-refractivity contribution is -0.0357. The molecular formula is C24H24N4O5. The van der Waals surface area contributed by atoms with E-state index in [9.17, 15) is 14.7 Å². The molecule has 33 heavy (non-hydrogen) atoms. The number of carbonyl (C=O) groups is 2. The van der Waals surface area contributed by atoms with E-state index < -0.39 is 6.10 Å². The molecule has 0 radical (unpaired) electrons. The molecule has 2 N–H and O–H groups in total. The number of likely N-dealkylation sites (tertiary alicyclic amines) is 1. The summed E-state index contributed by atoms with van der Waals surface area (Å²) >= 11 is 0. The van der Waals surface area contributed by atoms with Crippen LogP contribution in [0.2, 0.25) is 0 Å². The van der Waals surface area contributed by atoms with E-state index in [0.29, 0.717) is 51.4 Å². The minimum Gasteiger partial charge on any atom is -0.460 e. The number of β-amino-alcohol motifs (C(OH)–C–C–N with tert-alkyl or cyclic N) is 1. The molecule has 2 amide bonds. The number of aliphatic hydroxyl groups is 1. The van der Waals surface area contributed by atoms with Crippen LogP contribution in [0.4, 0.5) is 0 Å². The van der Waals surface area contributed by atoms with Gasteiger partial charge in [0.25, 0.3) is 11.8 Å². The number of hydrogen-bond acceptors (Lipinski definition) is 6. The molecule has 5 rings (SSSR count). The first-order valence-electron chi connectivity index (χ1n) is 10.7. The summed E-state index contributed by atoms with van der Waals surface area (Å²) in [5.41, 5.74) is 2.98. The Morgan fingerprint density at radius 1 is 1.27 bits per heavy atom. The van der Waals surface area contributed by atoms with Gasteiger partial charge in [0.05, 0.1) is 29.5 Å². The molecule has 1 aromatic carbocycles. The first-order chi connectivity index (χ1) is 15.8. The molecule has 0 bridgehead atoms. The van der Waals surface area contributed by atoms with Crippen LogP contribution in [-0.4, -0.2) is 57.2 Å². The Morgan fingerprint density at radius 2 is 2.06 bits per heavy atom. The maximum absolute atomic E-state index is 13.0. The summed E-state index contributed by atoms with van der Waals surface area (Å²) in [5.74, 6) is 1.24. The molecule has 4 heterocycles. The lowest BCUT2D eigenvalue weighted by Crippen LogP contribution is -2.60. The largest absolute Gasteiger partial charge is 0.460 e. The van der Waals surface area contributed by atoms with Crippen LogP contribution >= 0.6 is 0 Å². The minimum absolute atomic E-state index is 0.143. The van der Waals surface area contributed by atoms with Crippen LogP contribution in [0.3, 0.4) is 0 Å². The fourth-order valence-electron chi connectivity index (χ4n) is 4.33. The third kappa shape index (κ3) is 3.23. The highest BCUT2D eigenvalue weighted by Crippen LogP contribution is 2.34. The predicted molar refractivity (Wildman–Crippen MR) is 121 cm³/mol. The van der Waals surface area contributed by atoms with Gasteiger partial charge < -0.3 is 24.5 Å². The number of nitrogens with zero attached hydrogens (tertiary/aromatic N) is 3. The second-order valence-corrected chi connectivity index (χ2v) is 8.29. The zero-order valence-corrected chi connectivity index (χ0v) is 18.7. The quantitative estimate of drug-likeness (QED) is 0.497. The maximum atomic E-state index is 13.0. The topological polar surface area (TPSA) is 109 Å². The van der Waals surface area contributed by atoms with Gasteiger partial charge in [-0.25, -0.2) is 4.52 Å². The summed E-state index contributed by atoms with van der Waals surface area (Å²) in [6.07, 6.45) is 2.80. The first kappa shape index (κ1) is 21.0.